The molecular formula is C10H15N5S. The van der Waals surface area contributed by atoms with Crippen LogP contribution >= 0.6 is 11.3 Å². The number of nitrogens with two attached hydrogens (primary N) is 2. The van der Waals surface area contributed by atoms with E-state index in [9.17, 15) is 0 Å². The quantitative estimate of drug-likeness (QED) is 0.539. The first-order valence-electron chi connectivity index (χ1n) is 5.12. The third-order valence-corrected chi connectivity index (χ3v) is 3.16. The van der Waals surface area contributed by atoms with Gasteiger partial charge >= 0.3 is 0 Å². The van der Waals surface area contributed by atoms with Crippen LogP contribution in [0.1, 0.15) is 18.4 Å². The van der Waals surface area contributed by atoms with Gasteiger partial charge in [0.25, 0.3) is 0 Å². The predicted octanol–water partition coefficient (Wildman–Crippen LogP) is 0.921. The number of aliphatic imine (C=N–C) groups is 1. The molecule has 1 aliphatic rings. The van der Waals surface area contributed by atoms with Gasteiger partial charge in [-0.15, -0.1) is 0 Å². The summed E-state index contributed by atoms with van der Waals surface area (Å²) in [4.78, 5) is 5.75. The third kappa shape index (κ3) is 2.73. The highest BCUT2D eigenvalue weighted by atomic mass is 32.1. The first-order valence-corrected chi connectivity index (χ1v) is 6.07. The third-order valence-electron chi connectivity index (χ3n) is 2.43. The Hall–Kier alpha value is -1.56. The van der Waals surface area contributed by atoms with Gasteiger partial charge in [0, 0.05) is 12.6 Å². The van der Waals surface area contributed by atoms with Gasteiger partial charge in [-0.25, -0.2) is 0 Å². The zero-order chi connectivity index (χ0) is 11.5. The highest BCUT2D eigenvalue weighted by Gasteiger charge is 2.30. The average molecular weight is 237 g/mol. The fourth-order valence-electron chi connectivity index (χ4n) is 1.53. The Labute approximate surface area is 98.3 Å². The van der Waals surface area contributed by atoms with Crippen LogP contribution in [0.15, 0.2) is 21.8 Å². The summed E-state index contributed by atoms with van der Waals surface area (Å²) in [5, 5.41) is 11.9. The molecule has 5 N–H and O–H groups in total. The summed E-state index contributed by atoms with van der Waals surface area (Å²) in [7, 11) is 0. The van der Waals surface area contributed by atoms with Gasteiger partial charge in [-0.05, 0) is 35.2 Å². The summed E-state index contributed by atoms with van der Waals surface area (Å²) in [6.45, 7) is 0.712. The molecule has 1 aliphatic carbocycles. The Morgan fingerprint density at radius 2 is 2.31 bits per heavy atom. The van der Waals surface area contributed by atoms with Crippen molar-refractivity contribution in [2.75, 3.05) is 0 Å². The number of guanidine groups is 2. The Morgan fingerprint density at radius 1 is 1.56 bits per heavy atom. The van der Waals surface area contributed by atoms with Crippen LogP contribution in [0.3, 0.4) is 0 Å². The topological polar surface area (TPSA) is 91.5 Å². The van der Waals surface area contributed by atoms with E-state index in [0.717, 1.165) is 12.8 Å². The summed E-state index contributed by atoms with van der Waals surface area (Å²) in [6, 6.07) is 2.48. The van der Waals surface area contributed by atoms with Crippen LogP contribution < -0.4 is 11.5 Å². The lowest BCUT2D eigenvalue weighted by Gasteiger charge is -2.21. The van der Waals surface area contributed by atoms with Gasteiger partial charge in [-0.3, -0.25) is 5.41 Å². The van der Waals surface area contributed by atoms with E-state index in [0.29, 0.717) is 12.6 Å². The standard InChI is InChI=1S/C10H15N5S/c11-9(12)14-10(13)15(8-1-2-8)5-7-3-4-16-6-7/h3-4,6,8H,1-2,5H2,(H5,11,12,13,14). The fourth-order valence-corrected chi connectivity index (χ4v) is 2.19. The van der Waals surface area contributed by atoms with Gasteiger partial charge in [0.1, 0.15) is 0 Å². The summed E-state index contributed by atoms with van der Waals surface area (Å²) in [5.74, 6) is 0.106. The number of hydrogen-bond acceptors (Lipinski definition) is 2. The van der Waals surface area contributed by atoms with Crippen LogP contribution in [0.5, 0.6) is 0 Å². The first-order chi connectivity index (χ1) is 7.66. The number of rotatable bonds is 3. The first kappa shape index (κ1) is 10.9. The van der Waals surface area contributed by atoms with Crippen molar-refractivity contribution < 1.29 is 0 Å². The van der Waals surface area contributed by atoms with Crippen molar-refractivity contribution in [2.24, 2.45) is 16.5 Å². The number of hydrogen-bond donors (Lipinski definition) is 3. The highest BCUT2D eigenvalue weighted by Crippen LogP contribution is 2.29. The van der Waals surface area contributed by atoms with E-state index in [2.05, 4.69) is 16.4 Å². The molecule has 0 bridgehead atoms. The van der Waals surface area contributed by atoms with E-state index in [1.807, 2.05) is 10.3 Å². The molecule has 0 atom stereocenters. The molecule has 6 heteroatoms. The summed E-state index contributed by atoms with van der Waals surface area (Å²) in [5.41, 5.74) is 11.8. The van der Waals surface area contributed by atoms with Crippen molar-refractivity contribution in [3.05, 3.63) is 22.4 Å². The molecule has 0 amide bonds. The lowest BCUT2D eigenvalue weighted by Crippen LogP contribution is -2.34. The van der Waals surface area contributed by atoms with Crippen LogP contribution in [0, 0.1) is 5.41 Å². The minimum Gasteiger partial charge on any atom is -0.370 e. The van der Waals surface area contributed by atoms with Gasteiger partial charge in [0.15, 0.2) is 5.96 Å². The molecule has 1 heterocycles. The van der Waals surface area contributed by atoms with Gasteiger partial charge in [-0.2, -0.15) is 16.3 Å². The molecule has 2 rings (SSSR count). The van der Waals surface area contributed by atoms with E-state index < -0.39 is 0 Å². The Bertz CT molecular complexity index is 389. The fraction of sp³-hybridized carbons (Fsp3) is 0.400. The smallest absolute Gasteiger partial charge is 0.221 e. The van der Waals surface area contributed by atoms with Crippen LogP contribution in [0.2, 0.25) is 0 Å². The molecule has 1 aromatic heterocycles. The molecule has 0 aromatic carbocycles. The number of thiophene rings is 1. The van der Waals surface area contributed by atoms with E-state index >= 15 is 0 Å². The second-order valence-corrected chi connectivity index (χ2v) is 4.63. The molecule has 5 nitrogen and oxygen atoms in total. The molecule has 16 heavy (non-hydrogen) atoms. The summed E-state index contributed by atoms with van der Waals surface area (Å²) >= 11 is 1.66. The summed E-state index contributed by atoms with van der Waals surface area (Å²) < 4.78 is 0. The summed E-state index contributed by atoms with van der Waals surface area (Å²) in [6.07, 6.45) is 2.24. The zero-order valence-corrected chi connectivity index (χ0v) is 9.70. The molecule has 86 valence electrons. The van der Waals surface area contributed by atoms with Crippen molar-refractivity contribution in [1.82, 2.24) is 4.90 Å². The van der Waals surface area contributed by atoms with Crippen LogP contribution in [-0.4, -0.2) is 22.9 Å². The average Bonchev–Trinajstić information content (AvgIpc) is 2.91. The zero-order valence-electron chi connectivity index (χ0n) is 8.89. The maximum absolute atomic E-state index is 7.83. The largest absolute Gasteiger partial charge is 0.370 e. The second-order valence-electron chi connectivity index (χ2n) is 3.85. The molecule has 0 aliphatic heterocycles. The molecule has 1 aromatic rings. The van der Waals surface area contributed by atoms with Gasteiger partial charge in [0.2, 0.25) is 5.96 Å². The van der Waals surface area contributed by atoms with Crippen molar-refractivity contribution in [2.45, 2.75) is 25.4 Å². The van der Waals surface area contributed by atoms with E-state index in [1.165, 1.54) is 5.56 Å². The molecule has 0 spiro atoms. The Balaban J connectivity index is 2.05. The van der Waals surface area contributed by atoms with E-state index in [4.69, 9.17) is 16.9 Å². The van der Waals surface area contributed by atoms with Crippen molar-refractivity contribution in [3.63, 3.8) is 0 Å². The van der Waals surface area contributed by atoms with Crippen LogP contribution in [0.4, 0.5) is 0 Å². The molecule has 1 saturated carbocycles. The van der Waals surface area contributed by atoms with E-state index in [-0.39, 0.29) is 11.9 Å². The van der Waals surface area contributed by atoms with Crippen molar-refractivity contribution >= 4 is 23.3 Å². The SMILES string of the molecule is N=C(N=C(N)N)N(Cc1ccsc1)C1CC1. The monoisotopic (exact) mass is 237 g/mol. The van der Waals surface area contributed by atoms with Crippen molar-refractivity contribution in [1.29, 1.82) is 5.41 Å². The minimum absolute atomic E-state index is 0.0547. The molecule has 0 unspecified atom stereocenters. The lowest BCUT2D eigenvalue weighted by atomic mass is 10.3. The second kappa shape index (κ2) is 4.52. The maximum atomic E-state index is 7.83. The van der Waals surface area contributed by atoms with Crippen LogP contribution in [0.25, 0.3) is 0 Å². The molecule has 0 radical (unpaired) electrons. The van der Waals surface area contributed by atoms with Crippen molar-refractivity contribution in [3.8, 4) is 0 Å². The Morgan fingerprint density at radius 3 is 2.81 bits per heavy atom. The molecular weight excluding hydrogens is 222 g/mol. The van der Waals surface area contributed by atoms with Gasteiger partial charge in [-0.1, -0.05) is 0 Å². The van der Waals surface area contributed by atoms with Crippen LogP contribution in [-0.2, 0) is 6.54 Å². The lowest BCUT2D eigenvalue weighted by molar-refractivity contribution is 0.396. The van der Waals surface area contributed by atoms with Gasteiger partial charge < -0.3 is 16.4 Å². The highest BCUT2D eigenvalue weighted by molar-refractivity contribution is 7.07. The normalized spacial score (nSPS) is 14.5. The van der Waals surface area contributed by atoms with Gasteiger partial charge in [0.05, 0.1) is 0 Å². The maximum Gasteiger partial charge on any atom is 0.221 e. The van der Waals surface area contributed by atoms with E-state index in [1.54, 1.807) is 11.3 Å². The number of nitrogens with zero attached hydrogens (tertiary/aromatic N) is 2. The number of nitrogens with one attached hydrogen (secondary N) is 1. The predicted molar refractivity (Wildman–Crippen MR) is 66.4 cm³/mol. The minimum atomic E-state index is -0.0547. The molecule has 0 saturated heterocycles. The molecule has 1 fully saturated rings. The Kier molecular flexibility index (Phi) is 3.09.